The van der Waals surface area contributed by atoms with Gasteiger partial charge in [0.15, 0.2) is 0 Å². The van der Waals surface area contributed by atoms with E-state index in [2.05, 4.69) is 26.1 Å². The maximum atomic E-state index is 12.4. The molecule has 0 bridgehead atoms. The van der Waals surface area contributed by atoms with Crippen LogP contribution in [0.3, 0.4) is 0 Å². The summed E-state index contributed by atoms with van der Waals surface area (Å²) < 4.78 is 0. The third kappa shape index (κ3) is 7.19. The number of nitrogens with zero attached hydrogens (tertiary/aromatic N) is 1. The van der Waals surface area contributed by atoms with Crippen LogP contribution in [0.15, 0.2) is 54.6 Å². The Morgan fingerprint density at radius 1 is 0.941 bits per heavy atom. The van der Waals surface area contributed by atoms with Gasteiger partial charge in [0.25, 0.3) is 5.91 Å². The highest BCUT2D eigenvalue weighted by Crippen LogP contribution is 2.20. The maximum Gasteiger partial charge on any atom is 0.269 e. The number of hydrogen-bond acceptors (Lipinski definition) is 5. The largest absolute Gasteiger partial charge is 0.397 e. The van der Waals surface area contributed by atoms with Crippen LogP contribution in [0, 0.1) is 0 Å². The average molecular weight is 463 g/mol. The normalized spacial score (nSPS) is 10.5. The molecule has 6 N–H and O–H groups in total. The molecular formula is C25H30N6O3. The molecule has 34 heavy (non-hydrogen) atoms. The van der Waals surface area contributed by atoms with Crippen molar-refractivity contribution in [1.29, 1.82) is 0 Å². The number of amides is 3. The maximum absolute atomic E-state index is 12.4. The van der Waals surface area contributed by atoms with Crippen molar-refractivity contribution < 1.29 is 14.4 Å². The van der Waals surface area contributed by atoms with Gasteiger partial charge in [-0.2, -0.15) is 5.10 Å². The Labute approximate surface area is 198 Å². The van der Waals surface area contributed by atoms with Gasteiger partial charge in [-0.15, -0.1) is 0 Å². The predicted molar refractivity (Wildman–Crippen MR) is 133 cm³/mol. The van der Waals surface area contributed by atoms with Crippen LogP contribution in [0.25, 0.3) is 11.3 Å². The molecule has 9 nitrogen and oxygen atoms in total. The molecule has 0 atom stereocenters. The lowest BCUT2D eigenvalue weighted by Crippen LogP contribution is -2.24. The number of benzene rings is 2. The van der Waals surface area contributed by atoms with Gasteiger partial charge >= 0.3 is 0 Å². The molecule has 0 spiro atoms. The number of nitrogens with one attached hydrogen (secondary N) is 4. The van der Waals surface area contributed by atoms with E-state index in [-0.39, 0.29) is 17.7 Å². The summed E-state index contributed by atoms with van der Waals surface area (Å²) >= 11 is 0. The first-order chi connectivity index (χ1) is 16.5. The number of nitrogens with two attached hydrogens (primary N) is 1. The summed E-state index contributed by atoms with van der Waals surface area (Å²) in [4.78, 5) is 35.9. The second-order valence-corrected chi connectivity index (χ2v) is 7.85. The van der Waals surface area contributed by atoms with Gasteiger partial charge < -0.3 is 21.7 Å². The first-order valence-electron chi connectivity index (χ1n) is 11.3. The van der Waals surface area contributed by atoms with Crippen LogP contribution in [0.4, 0.5) is 17.1 Å². The van der Waals surface area contributed by atoms with Crippen LogP contribution in [0.2, 0.25) is 0 Å². The summed E-state index contributed by atoms with van der Waals surface area (Å²) in [7, 11) is 0. The first kappa shape index (κ1) is 24.5. The fraction of sp³-hybridized carbons (Fsp3) is 0.280. The molecule has 0 saturated heterocycles. The molecule has 3 aromatic rings. The smallest absolute Gasteiger partial charge is 0.269 e. The van der Waals surface area contributed by atoms with Gasteiger partial charge in [-0.1, -0.05) is 37.6 Å². The number of nitrogen functional groups attached to an aromatic ring is 1. The molecule has 3 amide bonds. The average Bonchev–Trinajstić information content (AvgIpc) is 3.33. The highest BCUT2D eigenvalue weighted by molar-refractivity contribution is 5.94. The van der Waals surface area contributed by atoms with Crippen molar-refractivity contribution in [3.8, 4) is 11.3 Å². The first-order valence-corrected chi connectivity index (χ1v) is 11.3. The van der Waals surface area contributed by atoms with Crippen molar-refractivity contribution in [2.24, 2.45) is 0 Å². The summed E-state index contributed by atoms with van der Waals surface area (Å²) in [6, 6.07) is 16.1. The second-order valence-electron chi connectivity index (χ2n) is 7.85. The fourth-order valence-electron chi connectivity index (χ4n) is 3.27. The zero-order valence-corrected chi connectivity index (χ0v) is 19.2. The molecule has 3 rings (SSSR count). The lowest BCUT2D eigenvalue weighted by atomic mass is 10.1. The van der Waals surface area contributed by atoms with E-state index in [9.17, 15) is 14.4 Å². The van der Waals surface area contributed by atoms with E-state index in [1.807, 2.05) is 24.3 Å². The third-order valence-corrected chi connectivity index (χ3v) is 5.21. The minimum Gasteiger partial charge on any atom is -0.397 e. The Morgan fingerprint density at radius 3 is 2.44 bits per heavy atom. The number of para-hydroxylation sites is 2. The lowest BCUT2D eigenvalue weighted by Gasteiger charge is -2.08. The van der Waals surface area contributed by atoms with E-state index >= 15 is 0 Å². The monoisotopic (exact) mass is 462 g/mol. The highest BCUT2D eigenvalue weighted by atomic mass is 16.2. The molecule has 178 valence electrons. The van der Waals surface area contributed by atoms with E-state index in [4.69, 9.17) is 5.73 Å². The summed E-state index contributed by atoms with van der Waals surface area (Å²) in [5.74, 6) is -0.359. The van der Waals surface area contributed by atoms with Crippen molar-refractivity contribution in [1.82, 2.24) is 15.5 Å². The number of rotatable bonds is 11. The van der Waals surface area contributed by atoms with Crippen LogP contribution >= 0.6 is 0 Å². The summed E-state index contributed by atoms with van der Waals surface area (Å²) in [6.07, 6.45) is 3.11. The Kier molecular flexibility index (Phi) is 8.79. The van der Waals surface area contributed by atoms with Crippen LogP contribution in [-0.2, 0) is 9.59 Å². The Balaban J connectivity index is 1.36. The molecule has 0 radical (unpaired) electrons. The van der Waals surface area contributed by atoms with Crippen molar-refractivity contribution >= 4 is 34.8 Å². The van der Waals surface area contributed by atoms with Crippen LogP contribution in [0.5, 0.6) is 0 Å². The zero-order valence-electron chi connectivity index (χ0n) is 19.2. The lowest BCUT2D eigenvalue weighted by molar-refractivity contribution is -0.116. The summed E-state index contributed by atoms with van der Waals surface area (Å²) in [6.45, 7) is 2.30. The van der Waals surface area contributed by atoms with Crippen molar-refractivity contribution in [2.75, 3.05) is 22.9 Å². The van der Waals surface area contributed by atoms with E-state index in [1.54, 1.807) is 37.3 Å². The van der Waals surface area contributed by atoms with Crippen molar-refractivity contribution in [3.05, 3.63) is 60.3 Å². The Bertz CT molecular complexity index is 1120. The van der Waals surface area contributed by atoms with Gasteiger partial charge in [0.2, 0.25) is 11.8 Å². The number of anilines is 3. The van der Waals surface area contributed by atoms with Crippen molar-refractivity contribution in [3.63, 3.8) is 0 Å². The quantitative estimate of drug-likeness (QED) is 0.217. The minimum atomic E-state index is -0.233. The molecule has 1 heterocycles. The number of carbonyl (C=O) groups is 3. The van der Waals surface area contributed by atoms with Crippen LogP contribution in [-0.4, -0.2) is 34.5 Å². The molecule has 9 heteroatoms. The number of unbranched alkanes of at least 4 members (excludes halogenated alkanes) is 2. The number of hydrogen-bond donors (Lipinski definition) is 5. The molecule has 0 fully saturated rings. The fourth-order valence-corrected chi connectivity index (χ4v) is 3.27. The Hall–Kier alpha value is -4.14. The van der Waals surface area contributed by atoms with Gasteiger partial charge in [0.05, 0.1) is 17.1 Å². The minimum absolute atomic E-state index is 0.0490. The van der Waals surface area contributed by atoms with Crippen molar-refractivity contribution in [2.45, 2.75) is 39.0 Å². The molecule has 0 aliphatic heterocycles. The van der Waals surface area contributed by atoms with Gasteiger partial charge in [-0.3, -0.25) is 19.5 Å². The molecule has 0 saturated carbocycles. The molecule has 2 aromatic carbocycles. The van der Waals surface area contributed by atoms with E-state index in [0.29, 0.717) is 47.8 Å². The second kappa shape index (κ2) is 12.2. The van der Waals surface area contributed by atoms with Gasteiger partial charge in [0, 0.05) is 30.6 Å². The van der Waals surface area contributed by atoms with Crippen LogP contribution in [0.1, 0.15) is 49.5 Å². The standard InChI is InChI=1S/C25H30N6O3/c1-2-23(32)28-18-13-11-17(12-14-18)21-16-22(31-30-21)25(34)27-15-7-3-4-10-24(33)29-20-9-6-5-8-19(20)26/h5-6,8-9,11-14,16H,2-4,7,10,15,26H2,1H3,(H,27,34)(H,28,32)(H,29,33)(H,30,31). The molecular weight excluding hydrogens is 432 g/mol. The molecule has 0 aliphatic carbocycles. The van der Waals surface area contributed by atoms with E-state index in [0.717, 1.165) is 24.8 Å². The number of H-pyrrole nitrogens is 1. The Morgan fingerprint density at radius 2 is 1.71 bits per heavy atom. The topological polar surface area (TPSA) is 142 Å². The van der Waals surface area contributed by atoms with Crippen LogP contribution < -0.4 is 21.7 Å². The van der Waals surface area contributed by atoms with E-state index < -0.39 is 0 Å². The third-order valence-electron chi connectivity index (χ3n) is 5.21. The van der Waals surface area contributed by atoms with Gasteiger partial charge in [-0.05, 0) is 43.2 Å². The summed E-state index contributed by atoms with van der Waals surface area (Å²) in [5, 5.41) is 15.4. The number of aromatic nitrogens is 2. The summed E-state index contributed by atoms with van der Waals surface area (Å²) in [5.41, 5.74) is 9.55. The van der Waals surface area contributed by atoms with E-state index in [1.165, 1.54) is 0 Å². The SMILES string of the molecule is CCC(=O)Nc1ccc(-c2cc(C(=O)NCCCCCC(=O)Nc3ccccc3N)[nH]n2)cc1. The zero-order chi connectivity index (χ0) is 24.3. The number of carbonyl (C=O) groups excluding carboxylic acids is 3. The number of aromatic amines is 1. The predicted octanol–water partition coefficient (Wildman–Crippen LogP) is 3.94. The highest BCUT2D eigenvalue weighted by Gasteiger charge is 2.11. The molecule has 0 unspecified atom stereocenters. The van der Waals surface area contributed by atoms with Gasteiger partial charge in [-0.25, -0.2) is 0 Å². The molecule has 1 aromatic heterocycles. The van der Waals surface area contributed by atoms with Gasteiger partial charge in [0.1, 0.15) is 5.69 Å². The molecule has 0 aliphatic rings.